The molecule has 6 nitrogen and oxygen atoms in total. The van der Waals surface area contributed by atoms with E-state index in [1.807, 2.05) is 39.6 Å². The van der Waals surface area contributed by atoms with Crippen molar-refractivity contribution in [1.29, 1.82) is 0 Å². The van der Waals surface area contributed by atoms with E-state index in [4.69, 9.17) is 11.6 Å². The zero-order chi connectivity index (χ0) is 27.1. The Labute approximate surface area is 219 Å². The normalized spacial score (nSPS) is 18.9. The number of anilines is 2. The molecule has 1 aliphatic rings. The minimum atomic E-state index is -4.70. The lowest BCUT2D eigenvalue weighted by Crippen LogP contribution is -2.55. The summed E-state index contributed by atoms with van der Waals surface area (Å²) in [6.07, 6.45) is -2.99. The topological polar surface area (TPSA) is 64.3 Å². The van der Waals surface area contributed by atoms with Crippen LogP contribution in [0.5, 0.6) is 0 Å². The first-order valence-corrected chi connectivity index (χ1v) is 12.6. The van der Waals surface area contributed by atoms with Gasteiger partial charge in [-0.15, -0.1) is 0 Å². The van der Waals surface area contributed by atoms with Gasteiger partial charge in [-0.05, 0) is 63.2 Å². The van der Waals surface area contributed by atoms with Crippen molar-refractivity contribution in [3.8, 4) is 11.4 Å². The van der Waals surface area contributed by atoms with E-state index >= 15 is 0 Å². The number of halogens is 4. The third-order valence-electron chi connectivity index (χ3n) is 6.97. The second kappa shape index (κ2) is 10.4. The number of rotatable bonds is 5. The number of nitrogens with one attached hydrogen (secondary N) is 2. The molecule has 37 heavy (non-hydrogen) atoms. The Hall–Kier alpha value is -3.04. The summed E-state index contributed by atoms with van der Waals surface area (Å²) in [5, 5.41) is 3.00. The second-order valence-electron chi connectivity index (χ2n) is 9.99. The molecule has 2 heterocycles. The van der Waals surface area contributed by atoms with Gasteiger partial charge in [0.05, 0.1) is 16.1 Å². The van der Waals surface area contributed by atoms with E-state index in [1.165, 1.54) is 6.07 Å². The maximum Gasteiger partial charge on any atom is 0.417 e. The number of hydrogen-bond donors (Lipinski definition) is 2. The molecule has 3 aromatic rings. The molecule has 0 saturated carbocycles. The molecule has 2 atom stereocenters. The Morgan fingerprint density at radius 1 is 1.14 bits per heavy atom. The van der Waals surface area contributed by atoms with Crippen LogP contribution in [0.15, 0.2) is 42.6 Å². The summed E-state index contributed by atoms with van der Waals surface area (Å²) in [7, 11) is 2.01. The Bertz CT molecular complexity index is 1280. The summed E-state index contributed by atoms with van der Waals surface area (Å²) >= 11 is 6.35. The standard InChI is InChI=1S/C27H31ClF3N5O/c1-15(2)24-12-32-25(34-24)21-10-18(6-9-23(21)28)33-26(37)20-8-7-19(11-22(20)27(29,30)31)36-13-16(3)35(5)17(4)14-36/h6-12,15-17H,13-14H2,1-5H3,(H,32,34)(H,33,37)/t16-,17?/m0/s1. The van der Waals surface area contributed by atoms with Crippen molar-refractivity contribution >= 4 is 28.9 Å². The predicted molar refractivity (Wildman–Crippen MR) is 141 cm³/mol. The molecule has 0 spiro atoms. The number of carbonyl (C=O) groups excluding carboxylic acids is 1. The van der Waals surface area contributed by atoms with Gasteiger partial charge in [0.1, 0.15) is 5.82 Å². The van der Waals surface area contributed by atoms with Gasteiger partial charge in [0.25, 0.3) is 5.91 Å². The van der Waals surface area contributed by atoms with Crippen molar-refractivity contribution in [2.24, 2.45) is 0 Å². The molecular weight excluding hydrogens is 503 g/mol. The number of alkyl halides is 3. The Kier molecular flexibility index (Phi) is 7.57. The number of carbonyl (C=O) groups is 1. The smallest absolute Gasteiger partial charge is 0.368 e. The molecule has 0 aliphatic carbocycles. The van der Waals surface area contributed by atoms with Crippen LogP contribution in [0.2, 0.25) is 5.02 Å². The van der Waals surface area contributed by atoms with Crippen molar-refractivity contribution in [1.82, 2.24) is 14.9 Å². The van der Waals surface area contributed by atoms with Crippen molar-refractivity contribution in [3.63, 3.8) is 0 Å². The largest absolute Gasteiger partial charge is 0.417 e. The lowest BCUT2D eigenvalue weighted by Gasteiger charge is -2.43. The average Bonchev–Trinajstić information content (AvgIpc) is 3.33. The number of hydrogen-bond acceptors (Lipinski definition) is 4. The number of likely N-dealkylation sites (N-methyl/N-ethyl adjacent to an activating group) is 1. The highest BCUT2D eigenvalue weighted by Gasteiger charge is 2.37. The zero-order valence-electron chi connectivity index (χ0n) is 21.4. The van der Waals surface area contributed by atoms with Gasteiger partial charge in [0.2, 0.25) is 0 Å². The van der Waals surface area contributed by atoms with Crippen molar-refractivity contribution in [3.05, 3.63) is 64.4 Å². The molecule has 1 aliphatic heterocycles. The number of H-pyrrole nitrogens is 1. The summed E-state index contributed by atoms with van der Waals surface area (Å²) in [5.74, 6) is -0.112. The molecule has 0 radical (unpaired) electrons. The van der Waals surface area contributed by atoms with Crippen LogP contribution in [0.3, 0.4) is 0 Å². The van der Waals surface area contributed by atoms with Gasteiger partial charge in [-0.2, -0.15) is 13.2 Å². The second-order valence-corrected chi connectivity index (χ2v) is 10.4. The number of aromatic nitrogens is 2. The fourth-order valence-corrected chi connectivity index (χ4v) is 4.73. The van der Waals surface area contributed by atoms with Crippen LogP contribution in [0.1, 0.15) is 55.2 Å². The SMILES string of the molecule is CC(C)c1cnc(-c2cc(NC(=O)c3ccc(N4CC(C)N(C)[C@@H](C)C4)cc3C(F)(F)F)ccc2Cl)[nH]1. The number of benzene rings is 2. The summed E-state index contributed by atoms with van der Waals surface area (Å²) in [6, 6.07) is 8.99. The summed E-state index contributed by atoms with van der Waals surface area (Å²) < 4.78 is 42.2. The van der Waals surface area contributed by atoms with Crippen LogP contribution in [0.25, 0.3) is 11.4 Å². The van der Waals surface area contributed by atoms with E-state index in [0.29, 0.717) is 40.9 Å². The van der Waals surface area contributed by atoms with Crippen LogP contribution in [0, 0.1) is 0 Å². The van der Waals surface area contributed by atoms with E-state index in [2.05, 4.69) is 20.2 Å². The first-order valence-electron chi connectivity index (χ1n) is 12.2. The van der Waals surface area contributed by atoms with Crippen LogP contribution in [0.4, 0.5) is 24.5 Å². The average molecular weight is 534 g/mol. The molecule has 1 saturated heterocycles. The molecule has 1 fully saturated rings. The van der Waals surface area contributed by atoms with E-state index < -0.39 is 23.2 Å². The van der Waals surface area contributed by atoms with Gasteiger partial charge in [-0.25, -0.2) is 4.98 Å². The summed E-state index contributed by atoms with van der Waals surface area (Å²) in [4.78, 5) is 24.7. The van der Waals surface area contributed by atoms with Crippen LogP contribution in [-0.2, 0) is 6.18 Å². The molecule has 1 unspecified atom stereocenters. The van der Waals surface area contributed by atoms with Crippen LogP contribution < -0.4 is 10.2 Å². The number of imidazole rings is 1. The maximum absolute atomic E-state index is 14.1. The fourth-order valence-electron chi connectivity index (χ4n) is 4.53. The summed E-state index contributed by atoms with van der Waals surface area (Å²) in [6.45, 7) is 9.32. The fraction of sp³-hybridized carbons (Fsp3) is 0.407. The number of nitrogens with zero attached hydrogens (tertiary/aromatic N) is 3. The third-order valence-corrected chi connectivity index (χ3v) is 7.30. The molecule has 2 aromatic carbocycles. The van der Waals surface area contributed by atoms with Gasteiger partial charge in [0, 0.05) is 54.0 Å². The van der Waals surface area contributed by atoms with Crippen molar-refractivity contribution in [2.75, 3.05) is 30.4 Å². The van der Waals surface area contributed by atoms with Crippen molar-refractivity contribution in [2.45, 2.75) is 51.9 Å². The first kappa shape index (κ1) is 27.0. The number of piperazine rings is 1. The molecule has 1 amide bonds. The van der Waals surface area contributed by atoms with E-state index in [1.54, 1.807) is 30.5 Å². The third kappa shape index (κ3) is 5.78. The van der Waals surface area contributed by atoms with Crippen molar-refractivity contribution < 1.29 is 18.0 Å². The molecule has 0 bridgehead atoms. The van der Waals surface area contributed by atoms with Crippen LogP contribution >= 0.6 is 11.6 Å². The number of aromatic amines is 1. The van der Waals surface area contributed by atoms with E-state index in [-0.39, 0.29) is 18.0 Å². The molecule has 1 aromatic heterocycles. The lowest BCUT2D eigenvalue weighted by molar-refractivity contribution is -0.137. The molecule has 198 valence electrons. The van der Waals surface area contributed by atoms with E-state index in [0.717, 1.165) is 11.8 Å². The Balaban J connectivity index is 1.62. The molecule has 10 heteroatoms. The zero-order valence-corrected chi connectivity index (χ0v) is 22.2. The van der Waals surface area contributed by atoms with Gasteiger partial charge >= 0.3 is 6.18 Å². The summed E-state index contributed by atoms with van der Waals surface area (Å²) in [5.41, 5.74) is 0.802. The van der Waals surface area contributed by atoms with Gasteiger partial charge < -0.3 is 15.2 Å². The van der Waals surface area contributed by atoms with Crippen LogP contribution in [-0.4, -0.2) is 53.0 Å². The lowest BCUT2D eigenvalue weighted by atomic mass is 10.0. The van der Waals surface area contributed by atoms with Gasteiger partial charge in [-0.3, -0.25) is 9.69 Å². The molecular formula is C27H31ClF3N5O. The highest BCUT2D eigenvalue weighted by Crippen LogP contribution is 2.36. The van der Waals surface area contributed by atoms with Gasteiger partial charge in [-0.1, -0.05) is 25.4 Å². The Morgan fingerprint density at radius 2 is 1.81 bits per heavy atom. The number of amides is 1. The highest BCUT2D eigenvalue weighted by molar-refractivity contribution is 6.33. The minimum Gasteiger partial charge on any atom is -0.368 e. The minimum absolute atomic E-state index is 0.186. The Morgan fingerprint density at radius 3 is 2.41 bits per heavy atom. The monoisotopic (exact) mass is 533 g/mol. The quantitative estimate of drug-likeness (QED) is 0.385. The first-order chi connectivity index (χ1) is 17.3. The molecule has 2 N–H and O–H groups in total. The predicted octanol–water partition coefficient (Wildman–Crippen LogP) is 6.65. The van der Waals surface area contributed by atoms with Gasteiger partial charge in [0.15, 0.2) is 0 Å². The highest BCUT2D eigenvalue weighted by atomic mass is 35.5. The van der Waals surface area contributed by atoms with E-state index in [9.17, 15) is 18.0 Å². The molecule has 4 rings (SSSR count). The maximum atomic E-state index is 14.1.